The van der Waals surface area contributed by atoms with Crippen molar-refractivity contribution in [1.29, 1.82) is 0 Å². The molecule has 1 aliphatic heterocycles. The summed E-state index contributed by atoms with van der Waals surface area (Å²) in [6, 6.07) is 11.7. The summed E-state index contributed by atoms with van der Waals surface area (Å²) in [5.74, 6) is 0.789. The quantitative estimate of drug-likeness (QED) is 0.818. The van der Waals surface area contributed by atoms with Crippen molar-refractivity contribution < 1.29 is 14.3 Å². The molecule has 2 aromatic carbocycles. The van der Waals surface area contributed by atoms with Gasteiger partial charge in [0, 0.05) is 31.7 Å². The lowest BCUT2D eigenvalue weighted by Crippen LogP contribution is -2.51. The van der Waals surface area contributed by atoms with Gasteiger partial charge in [0.05, 0.1) is 0 Å². The Bertz CT molecular complexity index is 883. The van der Waals surface area contributed by atoms with E-state index in [1.54, 1.807) is 4.90 Å². The van der Waals surface area contributed by atoms with Crippen LogP contribution in [0.2, 0.25) is 0 Å². The molecule has 1 aliphatic rings. The van der Waals surface area contributed by atoms with Gasteiger partial charge in [-0.05, 0) is 56.0 Å². The summed E-state index contributed by atoms with van der Waals surface area (Å²) in [5, 5.41) is 0. The van der Waals surface area contributed by atoms with Crippen molar-refractivity contribution in [2.24, 2.45) is 0 Å². The summed E-state index contributed by atoms with van der Waals surface area (Å²) < 4.78 is 5.85. The third-order valence-electron chi connectivity index (χ3n) is 5.51. The number of hydrogen-bond donors (Lipinski definition) is 0. The smallest absolute Gasteiger partial charge is 0.260 e. The van der Waals surface area contributed by atoms with Gasteiger partial charge in [0.2, 0.25) is 0 Å². The monoisotopic (exact) mass is 380 g/mol. The fourth-order valence-electron chi connectivity index (χ4n) is 3.51. The SMILES string of the molecule is Cc1ccccc1C(=O)N1CCN(C(=O)COc2c(C)ccc(C)c2C)CC1. The van der Waals surface area contributed by atoms with Crippen LogP contribution in [0.15, 0.2) is 36.4 Å². The molecule has 0 N–H and O–H groups in total. The van der Waals surface area contributed by atoms with Crippen molar-refractivity contribution in [1.82, 2.24) is 9.80 Å². The number of benzene rings is 2. The first kappa shape index (κ1) is 19.9. The van der Waals surface area contributed by atoms with Gasteiger partial charge in [-0.2, -0.15) is 0 Å². The first-order valence-corrected chi connectivity index (χ1v) is 9.70. The van der Waals surface area contributed by atoms with Crippen molar-refractivity contribution in [3.63, 3.8) is 0 Å². The second kappa shape index (κ2) is 8.46. The highest BCUT2D eigenvalue weighted by Crippen LogP contribution is 2.25. The summed E-state index contributed by atoms with van der Waals surface area (Å²) in [6.45, 7) is 10.2. The molecule has 0 aromatic heterocycles. The topological polar surface area (TPSA) is 49.9 Å². The van der Waals surface area contributed by atoms with E-state index >= 15 is 0 Å². The van der Waals surface area contributed by atoms with Gasteiger partial charge in [-0.15, -0.1) is 0 Å². The number of piperazine rings is 1. The van der Waals surface area contributed by atoms with Crippen molar-refractivity contribution in [3.8, 4) is 5.75 Å². The van der Waals surface area contributed by atoms with E-state index in [2.05, 4.69) is 6.07 Å². The van der Waals surface area contributed by atoms with Crippen LogP contribution < -0.4 is 4.74 Å². The van der Waals surface area contributed by atoms with Crippen molar-refractivity contribution in [3.05, 3.63) is 64.2 Å². The molecular weight excluding hydrogens is 352 g/mol. The molecule has 0 radical (unpaired) electrons. The summed E-state index contributed by atoms with van der Waals surface area (Å²) in [4.78, 5) is 28.9. The number of aryl methyl sites for hydroxylation is 3. The zero-order valence-corrected chi connectivity index (χ0v) is 17.1. The first-order chi connectivity index (χ1) is 13.4. The van der Waals surface area contributed by atoms with Gasteiger partial charge < -0.3 is 14.5 Å². The molecule has 3 rings (SSSR count). The molecule has 1 heterocycles. The maximum atomic E-state index is 12.7. The summed E-state index contributed by atoms with van der Waals surface area (Å²) in [5.41, 5.74) is 4.96. The molecule has 0 unspecified atom stereocenters. The largest absolute Gasteiger partial charge is 0.483 e. The van der Waals surface area contributed by atoms with Crippen LogP contribution in [0.3, 0.4) is 0 Å². The second-order valence-electron chi connectivity index (χ2n) is 7.43. The standard InChI is InChI=1S/C23H28N2O3/c1-16-9-10-18(3)22(19(16)4)28-15-21(26)24-11-13-25(14-12-24)23(27)20-8-6-5-7-17(20)2/h5-10H,11-15H2,1-4H3. The Balaban J connectivity index is 1.55. The van der Waals surface area contributed by atoms with E-state index in [9.17, 15) is 9.59 Å². The third kappa shape index (κ3) is 4.19. The van der Waals surface area contributed by atoms with Crippen LogP contribution in [0.5, 0.6) is 5.75 Å². The molecule has 148 valence electrons. The highest BCUT2D eigenvalue weighted by atomic mass is 16.5. The first-order valence-electron chi connectivity index (χ1n) is 9.70. The molecule has 2 aromatic rings. The van der Waals surface area contributed by atoms with Gasteiger partial charge in [-0.1, -0.05) is 30.3 Å². The lowest BCUT2D eigenvalue weighted by atomic mass is 10.1. The minimum atomic E-state index is -0.0386. The lowest BCUT2D eigenvalue weighted by molar-refractivity contribution is -0.134. The normalized spacial score (nSPS) is 14.1. The summed E-state index contributed by atoms with van der Waals surface area (Å²) in [6.07, 6.45) is 0. The van der Waals surface area contributed by atoms with Crippen LogP contribution in [0.25, 0.3) is 0 Å². The van der Waals surface area contributed by atoms with E-state index in [1.807, 2.05) is 62.9 Å². The molecular formula is C23H28N2O3. The molecule has 5 nitrogen and oxygen atoms in total. The van der Waals surface area contributed by atoms with Crippen LogP contribution in [-0.2, 0) is 4.79 Å². The average Bonchev–Trinajstić information content (AvgIpc) is 2.70. The minimum absolute atomic E-state index is 0.0247. The molecule has 0 bridgehead atoms. The van der Waals surface area contributed by atoms with E-state index < -0.39 is 0 Å². The van der Waals surface area contributed by atoms with Gasteiger partial charge in [0.25, 0.3) is 11.8 Å². The van der Waals surface area contributed by atoms with Gasteiger partial charge in [0.15, 0.2) is 6.61 Å². The third-order valence-corrected chi connectivity index (χ3v) is 5.51. The Morgan fingerprint density at radius 3 is 2.11 bits per heavy atom. The lowest BCUT2D eigenvalue weighted by Gasteiger charge is -2.35. The molecule has 1 saturated heterocycles. The zero-order valence-electron chi connectivity index (χ0n) is 17.1. The molecule has 5 heteroatoms. The van der Waals surface area contributed by atoms with Crippen LogP contribution >= 0.6 is 0 Å². The Morgan fingerprint density at radius 2 is 1.43 bits per heavy atom. The van der Waals surface area contributed by atoms with Crippen LogP contribution in [0, 0.1) is 27.7 Å². The minimum Gasteiger partial charge on any atom is -0.483 e. The molecule has 0 atom stereocenters. The second-order valence-corrected chi connectivity index (χ2v) is 7.43. The number of amides is 2. The number of carbonyl (C=O) groups is 2. The average molecular weight is 380 g/mol. The maximum Gasteiger partial charge on any atom is 0.260 e. The van der Waals surface area contributed by atoms with Gasteiger partial charge >= 0.3 is 0 Å². The Labute approximate surface area is 166 Å². The molecule has 28 heavy (non-hydrogen) atoms. The fraction of sp³-hybridized carbons (Fsp3) is 0.391. The van der Waals surface area contributed by atoms with Gasteiger partial charge in [0.1, 0.15) is 5.75 Å². The highest BCUT2D eigenvalue weighted by molar-refractivity contribution is 5.95. The van der Waals surface area contributed by atoms with E-state index in [0.717, 1.165) is 33.6 Å². The zero-order chi connectivity index (χ0) is 20.3. The van der Waals surface area contributed by atoms with Crippen LogP contribution in [0.4, 0.5) is 0 Å². The molecule has 2 amide bonds. The summed E-state index contributed by atoms with van der Waals surface area (Å²) >= 11 is 0. The number of rotatable bonds is 4. The van der Waals surface area contributed by atoms with Crippen LogP contribution in [-0.4, -0.2) is 54.4 Å². The number of nitrogens with zero attached hydrogens (tertiary/aromatic N) is 2. The van der Waals surface area contributed by atoms with E-state index in [4.69, 9.17) is 4.74 Å². The highest BCUT2D eigenvalue weighted by Gasteiger charge is 2.25. The number of carbonyl (C=O) groups excluding carboxylic acids is 2. The van der Waals surface area contributed by atoms with E-state index in [0.29, 0.717) is 26.2 Å². The molecule has 0 saturated carbocycles. The van der Waals surface area contributed by atoms with Crippen LogP contribution in [0.1, 0.15) is 32.6 Å². The van der Waals surface area contributed by atoms with Gasteiger partial charge in [-0.3, -0.25) is 9.59 Å². The van der Waals surface area contributed by atoms with Crippen molar-refractivity contribution >= 4 is 11.8 Å². The Kier molecular flexibility index (Phi) is 6.02. The number of ether oxygens (including phenoxy) is 1. The Morgan fingerprint density at radius 1 is 0.821 bits per heavy atom. The molecule has 0 spiro atoms. The summed E-state index contributed by atoms with van der Waals surface area (Å²) in [7, 11) is 0. The Hall–Kier alpha value is -2.82. The van der Waals surface area contributed by atoms with E-state index in [-0.39, 0.29) is 18.4 Å². The van der Waals surface area contributed by atoms with Crippen molar-refractivity contribution in [2.75, 3.05) is 32.8 Å². The molecule has 0 aliphatic carbocycles. The fourth-order valence-corrected chi connectivity index (χ4v) is 3.51. The maximum absolute atomic E-state index is 12.7. The predicted molar refractivity (Wildman–Crippen MR) is 110 cm³/mol. The molecule has 1 fully saturated rings. The van der Waals surface area contributed by atoms with Gasteiger partial charge in [-0.25, -0.2) is 0 Å². The predicted octanol–water partition coefficient (Wildman–Crippen LogP) is 3.28. The van der Waals surface area contributed by atoms with Crippen molar-refractivity contribution in [2.45, 2.75) is 27.7 Å². The number of hydrogen-bond acceptors (Lipinski definition) is 3. The van der Waals surface area contributed by atoms with E-state index in [1.165, 1.54) is 0 Å².